The van der Waals surface area contributed by atoms with Gasteiger partial charge in [-0.05, 0) is 12.5 Å². The van der Waals surface area contributed by atoms with Gasteiger partial charge in [-0.25, -0.2) is 4.79 Å². The maximum Gasteiger partial charge on any atom is 0.340 e. The molecular formula is C12H14O5S. The number of aliphatic carboxylic acids is 1. The van der Waals surface area contributed by atoms with E-state index >= 15 is 0 Å². The fourth-order valence-electron chi connectivity index (χ4n) is 2.35. The summed E-state index contributed by atoms with van der Waals surface area (Å²) >= 11 is 1.17. The number of carbonyl (C=O) groups is 1. The summed E-state index contributed by atoms with van der Waals surface area (Å²) in [5, 5.41) is 39.1. The number of carboxylic acids is 1. The molecular weight excluding hydrogens is 256 g/mol. The molecule has 0 radical (unpaired) electrons. The number of hydrogen-bond acceptors (Lipinski definition) is 5. The molecule has 6 heteroatoms. The Balaban J connectivity index is 2.76. The van der Waals surface area contributed by atoms with Gasteiger partial charge in [-0.1, -0.05) is 12.7 Å². The van der Waals surface area contributed by atoms with Crippen LogP contribution in [0.2, 0.25) is 0 Å². The lowest BCUT2D eigenvalue weighted by molar-refractivity contribution is -0.168. The first-order chi connectivity index (χ1) is 8.32. The van der Waals surface area contributed by atoms with E-state index in [1.165, 1.54) is 17.4 Å². The molecule has 1 heterocycles. The highest BCUT2D eigenvalue weighted by Gasteiger charge is 2.50. The summed E-state index contributed by atoms with van der Waals surface area (Å²) in [5.41, 5.74) is -1.50. The number of hydrogen-bond donors (Lipinski definition) is 4. The van der Waals surface area contributed by atoms with Crippen molar-refractivity contribution in [1.82, 2.24) is 0 Å². The number of aryl methyl sites for hydroxylation is 1. The highest BCUT2D eigenvalue weighted by atomic mass is 32.1. The summed E-state index contributed by atoms with van der Waals surface area (Å²) in [4.78, 5) is 12.3. The van der Waals surface area contributed by atoms with Gasteiger partial charge in [-0.3, -0.25) is 0 Å². The summed E-state index contributed by atoms with van der Waals surface area (Å²) in [6.45, 7) is 5.35. The second-order valence-corrected chi connectivity index (χ2v) is 5.65. The zero-order valence-electron chi connectivity index (χ0n) is 9.75. The Labute approximate surface area is 108 Å². The maximum absolute atomic E-state index is 11.3. The first-order valence-corrected chi connectivity index (χ1v) is 6.22. The van der Waals surface area contributed by atoms with Gasteiger partial charge >= 0.3 is 5.97 Å². The molecule has 0 bridgehead atoms. The first-order valence-electron chi connectivity index (χ1n) is 5.41. The Morgan fingerprint density at radius 2 is 2.17 bits per heavy atom. The Hall–Kier alpha value is -1.21. The summed E-state index contributed by atoms with van der Waals surface area (Å²) in [7, 11) is 0. The Morgan fingerprint density at radius 3 is 2.67 bits per heavy atom. The molecule has 0 fully saturated rings. The lowest BCUT2D eigenvalue weighted by Crippen LogP contribution is -2.45. The van der Waals surface area contributed by atoms with Crippen LogP contribution in [0.4, 0.5) is 0 Å². The van der Waals surface area contributed by atoms with E-state index in [2.05, 4.69) is 6.58 Å². The molecule has 0 amide bonds. The molecule has 98 valence electrons. The molecule has 1 aromatic rings. The quantitative estimate of drug-likeness (QED) is 0.636. The molecule has 0 unspecified atom stereocenters. The summed E-state index contributed by atoms with van der Waals surface area (Å²) < 4.78 is 0. The Kier molecular flexibility index (Phi) is 3.06. The summed E-state index contributed by atoms with van der Waals surface area (Å²) in [6, 6.07) is 0. The van der Waals surface area contributed by atoms with E-state index in [0.717, 1.165) is 4.88 Å². The van der Waals surface area contributed by atoms with Crippen LogP contribution in [0, 0.1) is 6.92 Å². The molecule has 0 saturated carbocycles. The average Bonchev–Trinajstić information content (AvgIpc) is 2.63. The molecule has 18 heavy (non-hydrogen) atoms. The van der Waals surface area contributed by atoms with E-state index in [4.69, 9.17) is 0 Å². The molecule has 0 saturated heterocycles. The van der Waals surface area contributed by atoms with Crippen LogP contribution >= 0.6 is 11.3 Å². The monoisotopic (exact) mass is 270 g/mol. The van der Waals surface area contributed by atoms with Crippen LogP contribution in [0.3, 0.4) is 0 Å². The van der Waals surface area contributed by atoms with Crippen molar-refractivity contribution in [1.29, 1.82) is 0 Å². The Bertz CT molecular complexity index is 521. The van der Waals surface area contributed by atoms with Crippen LogP contribution in [0.25, 0.3) is 6.08 Å². The maximum atomic E-state index is 11.3. The van der Waals surface area contributed by atoms with Crippen LogP contribution < -0.4 is 0 Å². The summed E-state index contributed by atoms with van der Waals surface area (Å²) in [6.07, 6.45) is -1.44. The highest BCUT2D eigenvalue weighted by molar-refractivity contribution is 7.12. The Morgan fingerprint density at radius 1 is 1.56 bits per heavy atom. The van der Waals surface area contributed by atoms with Crippen molar-refractivity contribution < 1.29 is 25.2 Å². The van der Waals surface area contributed by atoms with Crippen LogP contribution in [0.5, 0.6) is 0 Å². The number of fused-ring (bicyclic) bond motifs is 1. The van der Waals surface area contributed by atoms with Gasteiger partial charge in [0.25, 0.3) is 0 Å². The van der Waals surface area contributed by atoms with Crippen molar-refractivity contribution >= 4 is 23.4 Å². The SMILES string of the molecule is C=Cc1c(C)sc2c1[C@](O)(C(=O)O)C[C@@H](O)[C@@H]2O. The minimum absolute atomic E-state index is 0.158. The fraction of sp³-hybridized carbons (Fsp3) is 0.417. The van der Waals surface area contributed by atoms with Crippen LogP contribution in [-0.2, 0) is 10.4 Å². The molecule has 1 aliphatic rings. The first kappa shape index (κ1) is 13.2. The minimum Gasteiger partial charge on any atom is -0.479 e. The van der Waals surface area contributed by atoms with Crippen molar-refractivity contribution in [3.05, 3.63) is 27.5 Å². The van der Waals surface area contributed by atoms with Crippen LogP contribution in [0.1, 0.15) is 33.4 Å². The standard InChI is InChI=1S/C12H14O5S/c1-3-6-5(2)18-10-8(6)12(17,11(15)16)4-7(13)9(10)14/h3,7,9,13-14,17H,1,4H2,2H3,(H,15,16)/t7-,9+,12+/m1/s1. The van der Waals surface area contributed by atoms with Gasteiger partial charge in [-0.15, -0.1) is 11.3 Å². The van der Waals surface area contributed by atoms with Crippen molar-refractivity contribution in [3.63, 3.8) is 0 Å². The second-order valence-electron chi connectivity index (χ2n) is 4.40. The van der Waals surface area contributed by atoms with Gasteiger partial charge in [0.1, 0.15) is 6.10 Å². The van der Waals surface area contributed by atoms with E-state index in [0.29, 0.717) is 10.4 Å². The number of aliphatic hydroxyl groups is 3. The van der Waals surface area contributed by atoms with Crippen molar-refractivity contribution in [2.75, 3.05) is 0 Å². The summed E-state index contributed by atoms with van der Waals surface area (Å²) in [5.74, 6) is -1.43. The van der Waals surface area contributed by atoms with Gasteiger partial charge in [-0.2, -0.15) is 0 Å². The number of aliphatic hydroxyl groups excluding tert-OH is 2. The lowest BCUT2D eigenvalue weighted by Gasteiger charge is -2.34. The third-order valence-electron chi connectivity index (χ3n) is 3.27. The van der Waals surface area contributed by atoms with Gasteiger partial charge < -0.3 is 20.4 Å². The van der Waals surface area contributed by atoms with E-state index in [1.54, 1.807) is 6.92 Å². The van der Waals surface area contributed by atoms with Crippen LogP contribution in [-0.4, -0.2) is 32.5 Å². The normalized spacial score (nSPS) is 30.9. The molecule has 0 aromatic carbocycles. The van der Waals surface area contributed by atoms with Gasteiger partial charge in [0.05, 0.1) is 6.10 Å². The average molecular weight is 270 g/mol. The zero-order chi connectivity index (χ0) is 13.7. The number of carboxylic acid groups (broad SMARTS) is 1. The van der Waals surface area contributed by atoms with Gasteiger partial charge in [0, 0.05) is 21.7 Å². The molecule has 0 spiro atoms. The molecule has 0 aliphatic heterocycles. The molecule has 2 rings (SSSR count). The molecule has 4 N–H and O–H groups in total. The number of rotatable bonds is 2. The van der Waals surface area contributed by atoms with Crippen molar-refractivity contribution in [3.8, 4) is 0 Å². The fourth-order valence-corrected chi connectivity index (χ4v) is 3.63. The zero-order valence-corrected chi connectivity index (χ0v) is 10.6. The van der Waals surface area contributed by atoms with E-state index in [-0.39, 0.29) is 5.56 Å². The number of thiophene rings is 1. The van der Waals surface area contributed by atoms with Crippen molar-refractivity contribution in [2.24, 2.45) is 0 Å². The van der Waals surface area contributed by atoms with Crippen LogP contribution in [0.15, 0.2) is 6.58 Å². The van der Waals surface area contributed by atoms with E-state index in [1.807, 2.05) is 0 Å². The molecule has 5 nitrogen and oxygen atoms in total. The molecule has 1 aliphatic carbocycles. The van der Waals surface area contributed by atoms with E-state index in [9.17, 15) is 25.2 Å². The predicted octanol–water partition coefficient (Wildman–Crippen LogP) is 0.770. The van der Waals surface area contributed by atoms with Crippen molar-refractivity contribution in [2.45, 2.75) is 31.2 Å². The highest BCUT2D eigenvalue weighted by Crippen LogP contribution is 2.47. The third-order valence-corrected chi connectivity index (χ3v) is 4.46. The smallest absolute Gasteiger partial charge is 0.340 e. The van der Waals surface area contributed by atoms with Gasteiger partial charge in [0.2, 0.25) is 0 Å². The lowest BCUT2D eigenvalue weighted by atomic mass is 9.78. The largest absolute Gasteiger partial charge is 0.479 e. The molecule has 1 aromatic heterocycles. The van der Waals surface area contributed by atoms with Gasteiger partial charge in [0.15, 0.2) is 5.60 Å². The third kappa shape index (κ3) is 1.61. The predicted molar refractivity (Wildman–Crippen MR) is 66.3 cm³/mol. The minimum atomic E-state index is -2.18. The second kappa shape index (κ2) is 4.17. The molecule has 3 atom stereocenters. The van der Waals surface area contributed by atoms with E-state index < -0.39 is 30.2 Å². The topological polar surface area (TPSA) is 98.0 Å².